The Labute approximate surface area is 208 Å². The number of methoxy groups -OCH3 is 1. The highest BCUT2D eigenvalue weighted by Gasteiger charge is 2.10. The van der Waals surface area contributed by atoms with E-state index in [-0.39, 0.29) is 5.91 Å². The molecule has 0 unspecified atom stereocenters. The van der Waals surface area contributed by atoms with E-state index in [4.69, 9.17) is 14.2 Å². The lowest BCUT2D eigenvalue weighted by Gasteiger charge is -2.16. The van der Waals surface area contributed by atoms with Crippen LogP contribution in [0.25, 0.3) is 11.1 Å². The number of hydrogen-bond donors (Lipinski definition) is 2. The summed E-state index contributed by atoms with van der Waals surface area (Å²) in [5.41, 5.74) is 5.83. The van der Waals surface area contributed by atoms with Gasteiger partial charge in [-0.2, -0.15) is 0 Å². The number of benzene rings is 3. The Morgan fingerprint density at radius 1 is 0.886 bits per heavy atom. The van der Waals surface area contributed by atoms with Gasteiger partial charge in [0.1, 0.15) is 18.1 Å². The van der Waals surface area contributed by atoms with Crippen LogP contribution in [0.5, 0.6) is 11.5 Å². The summed E-state index contributed by atoms with van der Waals surface area (Å²) in [5, 5.41) is 6.13. The van der Waals surface area contributed by atoms with E-state index in [1.165, 1.54) is 23.6 Å². The molecule has 0 bridgehead atoms. The predicted molar refractivity (Wildman–Crippen MR) is 140 cm³/mol. The zero-order valence-corrected chi connectivity index (χ0v) is 20.9. The molecule has 6 heteroatoms. The second-order valence-electron chi connectivity index (χ2n) is 8.37. The number of amides is 1. The molecule has 0 heterocycles. The van der Waals surface area contributed by atoms with Gasteiger partial charge in [-0.1, -0.05) is 54.6 Å². The maximum atomic E-state index is 11.0. The molecule has 0 aromatic heterocycles. The first-order valence-electron chi connectivity index (χ1n) is 12.0. The van der Waals surface area contributed by atoms with Gasteiger partial charge < -0.3 is 24.8 Å². The summed E-state index contributed by atoms with van der Waals surface area (Å²) in [5.74, 6) is 1.53. The standard InChI is InChI=1S/C29H36N2O4/c1-22-26(11-7-12-28(22)24-9-5-4-6-10-24)21-35-27-14-13-25(20-30-15-16-31-23(2)32)29(19-27)34-18-8-17-33-3/h4-7,9-14,19,30H,8,15-18,20-21H2,1-3H3,(H,31,32). The minimum Gasteiger partial charge on any atom is -0.493 e. The summed E-state index contributed by atoms with van der Waals surface area (Å²) in [7, 11) is 1.69. The van der Waals surface area contributed by atoms with Crippen molar-refractivity contribution in [2.24, 2.45) is 0 Å². The summed E-state index contributed by atoms with van der Waals surface area (Å²) < 4.78 is 17.4. The Balaban J connectivity index is 1.67. The van der Waals surface area contributed by atoms with E-state index in [0.717, 1.165) is 29.0 Å². The molecular weight excluding hydrogens is 440 g/mol. The number of hydrogen-bond acceptors (Lipinski definition) is 5. The van der Waals surface area contributed by atoms with E-state index < -0.39 is 0 Å². The van der Waals surface area contributed by atoms with Crippen molar-refractivity contribution in [3.05, 3.63) is 83.4 Å². The van der Waals surface area contributed by atoms with Crippen molar-refractivity contribution in [3.8, 4) is 22.6 Å². The molecule has 0 radical (unpaired) electrons. The van der Waals surface area contributed by atoms with Crippen molar-refractivity contribution < 1.29 is 19.0 Å². The van der Waals surface area contributed by atoms with Gasteiger partial charge in [0.05, 0.1) is 6.61 Å². The van der Waals surface area contributed by atoms with E-state index >= 15 is 0 Å². The van der Waals surface area contributed by atoms with Crippen LogP contribution in [0, 0.1) is 6.92 Å². The number of carbonyl (C=O) groups is 1. The van der Waals surface area contributed by atoms with E-state index in [2.05, 4.69) is 60.0 Å². The highest BCUT2D eigenvalue weighted by atomic mass is 16.5. The van der Waals surface area contributed by atoms with Crippen molar-refractivity contribution >= 4 is 5.91 Å². The lowest BCUT2D eigenvalue weighted by molar-refractivity contribution is -0.118. The van der Waals surface area contributed by atoms with Gasteiger partial charge in [-0.3, -0.25) is 4.79 Å². The Morgan fingerprint density at radius 2 is 1.71 bits per heavy atom. The van der Waals surface area contributed by atoms with Crippen molar-refractivity contribution in [2.75, 3.05) is 33.4 Å². The zero-order chi connectivity index (χ0) is 24.9. The third kappa shape index (κ3) is 8.42. The molecule has 35 heavy (non-hydrogen) atoms. The highest BCUT2D eigenvalue weighted by Crippen LogP contribution is 2.28. The molecule has 2 N–H and O–H groups in total. The van der Waals surface area contributed by atoms with Crippen LogP contribution in [0.15, 0.2) is 66.7 Å². The van der Waals surface area contributed by atoms with Crippen molar-refractivity contribution in [1.82, 2.24) is 10.6 Å². The molecule has 1 amide bonds. The topological polar surface area (TPSA) is 68.8 Å². The summed E-state index contributed by atoms with van der Waals surface area (Å²) in [6.45, 7) is 7.25. The van der Waals surface area contributed by atoms with Crippen LogP contribution in [-0.4, -0.2) is 39.3 Å². The summed E-state index contributed by atoms with van der Waals surface area (Å²) >= 11 is 0. The number of rotatable bonds is 14. The average molecular weight is 477 g/mol. The third-order valence-corrected chi connectivity index (χ3v) is 5.71. The van der Waals surface area contributed by atoms with Crippen LogP contribution < -0.4 is 20.1 Å². The normalized spacial score (nSPS) is 10.7. The Bertz CT molecular complexity index is 1070. The van der Waals surface area contributed by atoms with E-state index in [1.807, 2.05) is 24.3 Å². The molecule has 0 saturated carbocycles. The first kappa shape index (κ1) is 26.3. The van der Waals surface area contributed by atoms with Gasteiger partial charge in [-0.05, 0) is 35.2 Å². The van der Waals surface area contributed by atoms with E-state index in [9.17, 15) is 4.79 Å². The lowest BCUT2D eigenvalue weighted by atomic mass is 9.97. The molecule has 0 aliphatic rings. The molecule has 0 atom stereocenters. The third-order valence-electron chi connectivity index (χ3n) is 5.71. The van der Waals surface area contributed by atoms with Crippen LogP contribution in [0.3, 0.4) is 0 Å². The zero-order valence-electron chi connectivity index (χ0n) is 20.9. The SMILES string of the molecule is COCCCOc1cc(OCc2cccc(-c3ccccc3)c2C)ccc1CNCCNC(C)=O. The molecule has 3 aromatic carbocycles. The largest absolute Gasteiger partial charge is 0.493 e. The molecule has 186 valence electrons. The van der Waals surface area contributed by atoms with Gasteiger partial charge in [0.15, 0.2) is 0 Å². The fourth-order valence-electron chi connectivity index (χ4n) is 3.77. The van der Waals surface area contributed by atoms with Crippen molar-refractivity contribution in [3.63, 3.8) is 0 Å². The molecule has 0 fully saturated rings. The van der Waals surface area contributed by atoms with E-state index in [1.54, 1.807) is 7.11 Å². The van der Waals surface area contributed by atoms with Gasteiger partial charge in [0.2, 0.25) is 5.91 Å². The highest BCUT2D eigenvalue weighted by molar-refractivity contribution is 5.72. The quantitative estimate of drug-likeness (QED) is 0.325. The molecule has 0 spiro atoms. The van der Waals surface area contributed by atoms with E-state index in [0.29, 0.717) is 39.5 Å². The first-order valence-corrected chi connectivity index (χ1v) is 12.0. The lowest BCUT2D eigenvalue weighted by Crippen LogP contribution is -2.30. The number of nitrogens with one attached hydrogen (secondary N) is 2. The molecule has 0 aliphatic carbocycles. The molecule has 3 aromatic rings. The number of carbonyl (C=O) groups excluding carboxylic acids is 1. The fraction of sp³-hybridized carbons (Fsp3) is 0.345. The molecule has 0 aliphatic heterocycles. The summed E-state index contributed by atoms with van der Waals surface area (Å²) in [4.78, 5) is 11.0. The minimum absolute atomic E-state index is 0.0278. The Hall–Kier alpha value is -3.35. The maximum Gasteiger partial charge on any atom is 0.216 e. The second kappa shape index (κ2) is 14.1. The molecule has 0 saturated heterocycles. The van der Waals surface area contributed by atoms with Crippen LogP contribution in [0.1, 0.15) is 30.0 Å². The van der Waals surface area contributed by atoms with Gasteiger partial charge in [0.25, 0.3) is 0 Å². The smallest absolute Gasteiger partial charge is 0.216 e. The maximum absolute atomic E-state index is 11.0. The fourth-order valence-corrected chi connectivity index (χ4v) is 3.77. The summed E-state index contributed by atoms with van der Waals surface area (Å²) in [6.07, 6.45) is 0.808. The van der Waals surface area contributed by atoms with Crippen LogP contribution >= 0.6 is 0 Å². The van der Waals surface area contributed by atoms with Crippen LogP contribution in [0.4, 0.5) is 0 Å². The van der Waals surface area contributed by atoms with Crippen LogP contribution in [0.2, 0.25) is 0 Å². The minimum atomic E-state index is -0.0278. The Morgan fingerprint density at radius 3 is 2.49 bits per heavy atom. The van der Waals surface area contributed by atoms with Crippen LogP contribution in [-0.2, 0) is 22.7 Å². The van der Waals surface area contributed by atoms with Gasteiger partial charge in [-0.25, -0.2) is 0 Å². The van der Waals surface area contributed by atoms with Crippen molar-refractivity contribution in [1.29, 1.82) is 0 Å². The Kier molecular flexibility index (Phi) is 10.6. The molecular formula is C29H36N2O4. The summed E-state index contributed by atoms with van der Waals surface area (Å²) in [6, 6.07) is 22.7. The molecule has 6 nitrogen and oxygen atoms in total. The predicted octanol–water partition coefficient (Wildman–Crippen LogP) is 4.88. The second-order valence-corrected chi connectivity index (χ2v) is 8.37. The monoisotopic (exact) mass is 476 g/mol. The van der Waals surface area contributed by atoms with Gasteiger partial charge >= 0.3 is 0 Å². The number of ether oxygens (including phenoxy) is 3. The molecule has 3 rings (SSSR count). The van der Waals surface area contributed by atoms with Crippen molar-refractivity contribution in [2.45, 2.75) is 33.4 Å². The van der Waals surface area contributed by atoms with Gasteiger partial charge in [-0.15, -0.1) is 0 Å². The first-order chi connectivity index (χ1) is 17.1. The average Bonchev–Trinajstić information content (AvgIpc) is 2.87. The van der Waals surface area contributed by atoms with Gasteiger partial charge in [0, 0.05) is 58.3 Å².